The molecule has 1 N–H and O–H groups in total. The Kier molecular flexibility index (Phi) is 10.6. The molecule has 1 aromatic heterocycles. The van der Waals surface area contributed by atoms with Crippen LogP contribution in [0.25, 0.3) is 0 Å². The summed E-state index contributed by atoms with van der Waals surface area (Å²) in [6.07, 6.45) is 7.12. The van der Waals surface area contributed by atoms with Crippen LogP contribution in [0.5, 0.6) is 0 Å². The van der Waals surface area contributed by atoms with Crippen LogP contribution in [0, 0.1) is 0 Å². The molecule has 1 heterocycles. The van der Waals surface area contributed by atoms with Crippen LogP contribution in [0.2, 0.25) is 13.3 Å². The van der Waals surface area contributed by atoms with Crippen molar-refractivity contribution in [1.29, 1.82) is 0 Å². The molecule has 5 nitrogen and oxygen atoms in total. The van der Waals surface area contributed by atoms with E-state index in [1.807, 2.05) is 26.8 Å². The van der Waals surface area contributed by atoms with Crippen molar-refractivity contribution in [3.63, 3.8) is 0 Å². The molecule has 1 amide bonds. The Balaban J connectivity index is 2.98. The van der Waals surface area contributed by atoms with Crippen LogP contribution in [-0.4, -0.2) is 40.3 Å². The van der Waals surface area contributed by atoms with Gasteiger partial charge in [0, 0.05) is 0 Å². The molecule has 6 heteroatoms. The summed E-state index contributed by atoms with van der Waals surface area (Å²) in [5.41, 5.74) is -0.524. The first-order valence-electron chi connectivity index (χ1n) is 10.6. The van der Waals surface area contributed by atoms with Crippen LogP contribution in [0.1, 0.15) is 80.1 Å². The number of carbonyl (C=O) groups is 1. The molecule has 1 aromatic rings. The van der Waals surface area contributed by atoms with Crippen LogP contribution >= 0.6 is 0 Å². The molecule has 0 unspecified atom stereocenters. The Bertz CT molecular complexity index is 534. The van der Waals surface area contributed by atoms with E-state index < -0.39 is 30.1 Å². The predicted octanol–water partition coefficient (Wildman–Crippen LogP) is 5.88. The third kappa shape index (κ3) is 8.79. The molecule has 0 atom stereocenters. The number of rotatable bonds is 11. The summed E-state index contributed by atoms with van der Waals surface area (Å²) in [5, 5.41) is 11.7. The molecule has 0 saturated carbocycles. The first kappa shape index (κ1) is 24.2. The molecule has 0 spiro atoms. The van der Waals surface area contributed by atoms with Gasteiger partial charge < -0.3 is 0 Å². The van der Waals surface area contributed by atoms with E-state index in [0.29, 0.717) is 5.82 Å². The average molecular weight is 484 g/mol. The second-order valence-electron chi connectivity index (χ2n) is 8.52. The van der Waals surface area contributed by atoms with E-state index in [-0.39, 0.29) is 0 Å². The second-order valence-corrected chi connectivity index (χ2v) is 21.6. The SMILES string of the molecule is CCC[CH2][Sn]([CH2]CCC)([CH2]CCC)[c]1ccc(NC(=O)OC(C)(C)C)nn1. The molecule has 1 rings (SSSR count). The molecule has 0 radical (unpaired) electrons. The quantitative estimate of drug-likeness (QED) is 0.399. The fourth-order valence-electron chi connectivity index (χ4n) is 3.39. The van der Waals surface area contributed by atoms with Crippen LogP contribution in [-0.2, 0) is 4.74 Å². The number of amides is 1. The molecule has 0 fully saturated rings. The Morgan fingerprint density at radius 1 is 0.963 bits per heavy atom. The van der Waals surface area contributed by atoms with E-state index in [9.17, 15) is 4.79 Å². The van der Waals surface area contributed by atoms with Crippen molar-refractivity contribution >= 4 is 34.0 Å². The summed E-state index contributed by atoms with van der Waals surface area (Å²) in [7, 11) is 0. The third-order valence-electron chi connectivity index (χ3n) is 4.86. The normalized spacial score (nSPS) is 12.1. The first-order chi connectivity index (χ1) is 12.8. The van der Waals surface area contributed by atoms with Crippen molar-refractivity contribution in [2.45, 2.75) is 99.0 Å². The molecule has 0 aromatic carbocycles. The number of ether oxygens (including phenoxy) is 1. The first-order valence-corrected chi connectivity index (χ1v) is 18.1. The molecule has 0 aliphatic carbocycles. The maximum absolute atomic E-state index is 11.9. The minimum atomic E-state index is -2.55. The van der Waals surface area contributed by atoms with Gasteiger partial charge in [-0.1, -0.05) is 0 Å². The van der Waals surface area contributed by atoms with Gasteiger partial charge >= 0.3 is 170 Å². The van der Waals surface area contributed by atoms with Crippen molar-refractivity contribution in [1.82, 2.24) is 10.2 Å². The van der Waals surface area contributed by atoms with E-state index in [2.05, 4.69) is 42.4 Å². The zero-order chi connectivity index (χ0) is 20.3. The predicted molar refractivity (Wildman–Crippen MR) is 116 cm³/mol. The van der Waals surface area contributed by atoms with E-state index >= 15 is 0 Å². The van der Waals surface area contributed by atoms with Crippen molar-refractivity contribution < 1.29 is 9.53 Å². The van der Waals surface area contributed by atoms with Crippen molar-refractivity contribution in [2.75, 3.05) is 5.32 Å². The van der Waals surface area contributed by atoms with Gasteiger partial charge in [0.25, 0.3) is 0 Å². The van der Waals surface area contributed by atoms with Gasteiger partial charge in [-0.2, -0.15) is 0 Å². The van der Waals surface area contributed by atoms with E-state index in [1.54, 1.807) is 0 Å². The number of nitrogens with zero attached hydrogens (tertiary/aromatic N) is 2. The molecule has 0 bridgehead atoms. The van der Waals surface area contributed by atoms with Crippen LogP contribution in [0.3, 0.4) is 0 Å². The van der Waals surface area contributed by atoms with Crippen molar-refractivity contribution in [3.05, 3.63) is 12.1 Å². The Morgan fingerprint density at radius 3 is 1.85 bits per heavy atom. The second kappa shape index (κ2) is 11.9. The van der Waals surface area contributed by atoms with E-state index in [1.165, 1.54) is 55.5 Å². The van der Waals surface area contributed by atoms with Crippen molar-refractivity contribution in [3.8, 4) is 0 Å². The van der Waals surface area contributed by atoms with Crippen LogP contribution in [0.15, 0.2) is 12.1 Å². The van der Waals surface area contributed by atoms with Crippen molar-refractivity contribution in [2.24, 2.45) is 0 Å². The summed E-state index contributed by atoms with van der Waals surface area (Å²) in [4.78, 5) is 11.9. The number of unbranched alkanes of at least 4 members (excludes halogenated alkanes) is 3. The minimum absolute atomic E-state index is 0.467. The number of hydrogen-bond donors (Lipinski definition) is 1. The molecular formula is C21H39N3O2Sn. The number of carbonyl (C=O) groups excluding carboxylic acids is 1. The van der Waals surface area contributed by atoms with Gasteiger partial charge in [0.15, 0.2) is 0 Å². The molecule has 154 valence electrons. The Labute approximate surface area is 169 Å². The van der Waals surface area contributed by atoms with Crippen LogP contribution in [0.4, 0.5) is 10.6 Å². The maximum atomic E-state index is 11.9. The van der Waals surface area contributed by atoms with Gasteiger partial charge in [0.2, 0.25) is 0 Å². The Morgan fingerprint density at radius 2 is 1.48 bits per heavy atom. The summed E-state index contributed by atoms with van der Waals surface area (Å²) in [5.74, 6) is 0.467. The summed E-state index contributed by atoms with van der Waals surface area (Å²) in [6.45, 7) is 12.4. The fourth-order valence-corrected chi connectivity index (χ4v) is 18.5. The zero-order valence-electron chi connectivity index (χ0n) is 18.2. The Hall–Kier alpha value is -0.851. The molecule has 0 aliphatic heterocycles. The summed E-state index contributed by atoms with van der Waals surface area (Å²) >= 11 is -2.55. The zero-order valence-corrected chi connectivity index (χ0v) is 21.1. The fraction of sp³-hybridized carbons (Fsp3) is 0.762. The summed E-state index contributed by atoms with van der Waals surface area (Å²) < 4.78 is 10.6. The standard InChI is InChI=1S/C9H12N3O2.3C4H9.Sn/c1-9(2,3)14-8(13)11-7-5-4-6-10-12-7;3*1-3-4-2;/h4-5H,1-3H3,(H,11,12,13);3*1,3-4H2,2H3;. The van der Waals surface area contributed by atoms with E-state index in [0.717, 1.165) is 0 Å². The van der Waals surface area contributed by atoms with Gasteiger partial charge in [0.05, 0.1) is 0 Å². The number of nitrogens with one attached hydrogen (secondary N) is 1. The van der Waals surface area contributed by atoms with Gasteiger partial charge in [-0.05, 0) is 0 Å². The molecule has 27 heavy (non-hydrogen) atoms. The van der Waals surface area contributed by atoms with Gasteiger partial charge in [-0.15, -0.1) is 0 Å². The molecule has 0 saturated heterocycles. The topological polar surface area (TPSA) is 64.1 Å². The molecule has 0 aliphatic rings. The van der Waals surface area contributed by atoms with Gasteiger partial charge in [-0.3, -0.25) is 0 Å². The van der Waals surface area contributed by atoms with Gasteiger partial charge in [-0.25, -0.2) is 0 Å². The van der Waals surface area contributed by atoms with Crippen LogP contribution < -0.4 is 9.03 Å². The third-order valence-corrected chi connectivity index (χ3v) is 19.9. The summed E-state index contributed by atoms with van der Waals surface area (Å²) in [6, 6.07) is 4.04. The van der Waals surface area contributed by atoms with E-state index in [4.69, 9.17) is 4.74 Å². The number of aromatic nitrogens is 2. The average Bonchev–Trinajstić information content (AvgIpc) is 2.60. The molecular weight excluding hydrogens is 445 g/mol. The monoisotopic (exact) mass is 485 g/mol. The number of anilines is 1. The van der Waals surface area contributed by atoms with Gasteiger partial charge in [0.1, 0.15) is 0 Å². The number of hydrogen-bond acceptors (Lipinski definition) is 4.